The second-order valence-electron chi connectivity index (χ2n) is 2.95. The Morgan fingerprint density at radius 1 is 1.00 bits per heavy atom. The maximum atomic E-state index is 5.79. The summed E-state index contributed by atoms with van der Waals surface area (Å²) in [5, 5.41) is 0.708. The number of benzene rings is 1. The van der Waals surface area contributed by atoms with E-state index in [0.29, 0.717) is 11.0 Å². The summed E-state index contributed by atoms with van der Waals surface area (Å²) >= 11 is 5.79. The Morgan fingerprint density at radius 2 is 1.60 bits per heavy atom. The SMILES string of the molecule is NNc1ncc(-c2ccc(Cl)cc2)cn1. The van der Waals surface area contributed by atoms with E-state index in [1.165, 1.54) is 0 Å². The summed E-state index contributed by atoms with van der Waals surface area (Å²) in [4.78, 5) is 8.03. The Bertz CT molecular complexity index is 438. The molecule has 0 unspecified atom stereocenters. The number of nitrogens with two attached hydrogens (primary N) is 1. The van der Waals surface area contributed by atoms with Gasteiger partial charge in [-0.2, -0.15) is 0 Å². The van der Waals surface area contributed by atoms with Crippen molar-refractivity contribution in [1.29, 1.82) is 0 Å². The third kappa shape index (κ3) is 2.23. The lowest BCUT2D eigenvalue weighted by Crippen LogP contribution is -2.09. The van der Waals surface area contributed by atoms with Gasteiger partial charge in [-0.25, -0.2) is 15.8 Å². The van der Waals surface area contributed by atoms with Crippen molar-refractivity contribution in [2.45, 2.75) is 0 Å². The van der Waals surface area contributed by atoms with Crippen molar-refractivity contribution in [2.75, 3.05) is 5.43 Å². The van der Waals surface area contributed by atoms with Gasteiger partial charge >= 0.3 is 0 Å². The molecule has 15 heavy (non-hydrogen) atoms. The topological polar surface area (TPSA) is 63.8 Å². The van der Waals surface area contributed by atoms with Gasteiger partial charge in [0.05, 0.1) is 0 Å². The minimum absolute atomic E-state index is 0.396. The van der Waals surface area contributed by atoms with Crippen LogP contribution in [0.5, 0.6) is 0 Å². The van der Waals surface area contributed by atoms with Crippen LogP contribution in [-0.4, -0.2) is 9.97 Å². The molecule has 4 nitrogen and oxygen atoms in total. The van der Waals surface area contributed by atoms with Gasteiger partial charge in [-0.05, 0) is 17.7 Å². The van der Waals surface area contributed by atoms with Gasteiger partial charge in [0, 0.05) is 23.0 Å². The predicted molar refractivity (Wildman–Crippen MR) is 60.3 cm³/mol. The van der Waals surface area contributed by atoms with Gasteiger partial charge in [0.1, 0.15) is 0 Å². The molecule has 3 N–H and O–H groups in total. The Kier molecular flexibility index (Phi) is 2.80. The molecule has 0 aliphatic heterocycles. The first-order valence-corrected chi connectivity index (χ1v) is 4.72. The van der Waals surface area contributed by atoms with E-state index in [-0.39, 0.29) is 0 Å². The van der Waals surface area contributed by atoms with Crippen LogP contribution < -0.4 is 11.3 Å². The largest absolute Gasteiger partial charge is 0.292 e. The summed E-state index contributed by atoms with van der Waals surface area (Å²) in [6.07, 6.45) is 3.40. The molecule has 76 valence electrons. The van der Waals surface area contributed by atoms with Gasteiger partial charge in [0.15, 0.2) is 0 Å². The first kappa shape index (κ1) is 9.89. The minimum Gasteiger partial charge on any atom is -0.292 e. The average molecular weight is 221 g/mol. The molecule has 1 aromatic carbocycles. The van der Waals surface area contributed by atoms with Crippen molar-refractivity contribution in [1.82, 2.24) is 9.97 Å². The maximum Gasteiger partial charge on any atom is 0.237 e. The monoisotopic (exact) mass is 220 g/mol. The molecule has 2 aromatic rings. The lowest BCUT2D eigenvalue weighted by molar-refractivity contribution is 1.12. The number of hydrogen-bond donors (Lipinski definition) is 2. The van der Waals surface area contributed by atoms with Crippen molar-refractivity contribution in [3.63, 3.8) is 0 Å². The number of nitrogen functional groups attached to an aromatic ring is 1. The van der Waals surface area contributed by atoms with Crippen molar-refractivity contribution in [3.05, 3.63) is 41.7 Å². The second kappa shape index (κ2) is 4.25. The van der Waals surface area contributed by atoms with Crippen LogP contribution in [0.3, 0.4) is 0 Å². The molecule has 1 heterocycles. The third-order valence-corrected chi connectivity index (χ3v) is 2.21. The van der Waals surface area contributed by atoms with Gasteiger partial charge < -0.3 is 0 Å². The van der Waals surface area contributed by atoms with Gasteiger partial charge in [0.25, 0.3) is 0 Å². The van der Waals surface area contributed by atoms with Crippen LogP contribution in [0.15, 0.2) is 36.7 Å². The number of hydrogen-bond acceptors (Lipinski definition) is 4. The van der Waals surface area contributed by atoms with E-state index in [2.05, 4.69) is 15.4 Å². The number of nitrogens with zero attached hydrogens (tertiary/aromatic N) is 2. The van der Waals surface area contributed by atoms with Gasteiger partial charge in [-0.3, -0.25) is 5.43 Å². The third-order valence-electron chi connectivity index (χ3n) is 1.96. The van der Waals surface area contributed by atoms with E-state index in [0.717, 1.165) is 11.1 Å². The Labute approximate surface area is 92.1 Å². The highest BCUT2D eigenvalue weighted by atomic mass is 35.5. The minimum atomic E-state index is 0.396. The number of rotatable bonds is 2. The summed E-state index contributed by atoms with van der Waals surface area (Å²) in [6, 6.07) is 7.48. The molecule has 0 saturated heterocycles. The van der Waals surface area contributed by atoms with E-state index in [1.807, 2.05) is 24.3 Å². The number of aromatic nitrogens is 2. The van der Waals surface area contributed by atoms with Crippen LogP contribution in [0.2, 0.25) is 5.02 Å². The van der Waals surface area contributed by atoms with Crippen LogP contribution in [0.25, 0.3) is 11.1 Å². The molecule has 0 aliphatic carbocycles. The van der Waals surface area contributed by atoms with Gasteiger partial charge in [0.2, 0.25) is 5.95 Å². The maximum absolute atomic E-state index is 5.79. The Balaban J connectivity index is 2.33. The highest BCUT2D eigenvalue weighted by Crippen LogP contribution is 2.20. The van der Waals surface area contributed by atoms with E-state index in [4.69, 9.17) is 17.4 Å². The zero-order valence-corrected chi connectivity index (χ0v) is 8.57. The fourth-order valence-electron chi connectivity index (χ4n) is 1.19. The van der Waals surface area contributed by atoms with Crippen LogP contribution >= 0.6 is 11.6 Å². The van der Waals surface area contributed by atoms with Crippen LogP contribution in [0.1, 0.15) is 0 Å². The normalized spacial score (nSPS) is 10.0. The quantitative estimate of drug-likeness (QED) is 0.601. The van der Waals surface area contributed by atoms with Crippen molar-refractivity contribution in [3.8, 4) is 11.1 Å². The lowest BCUT2D eigenvalue weighted by atomic mass is 10.1. The van der Waals surface area contributed by atoms with Crippen LogP contribution in [0, 0.1) is 0 Å². The van der Waals surface area contributed by atoms with Crippen LogP contribution in [-0.2, 0) is 0 Å². The second-order valence-corrected chi connectivity index (χ2v) is 3.38. The standard InChI is InChI=1S/C10H9ClN4/c11-9-3-1-7(2-4-9)8-5-13-10(15-12)14-6-8/h1-6H,12H2,(H,13,14,15). The van der Waals surface area contributed by atoms with Crippen molar-refractivity contribution in [2.24, 2.45) is 5.84 Å². The first-order chi connectivity index (χ1) is 7.29. The van der Waals surface area contributed by atoms with E-state index in [1.54, 1.807) is 12.4 Å². The number of halogens is 1. The molecular formula is C10H9ClN4. The Hall–Kier alpha value is -1.65. The molecule has 0 bridgehead atoms. The lowest BCUT2D eigenvalue weighted by Gasteiger charge is -2.02. The number of hydrazine groups is 1. The molecule has 0 radical (unpaired) electrons. The summed E-state index contributed by atoms with van der Waals surface area (Å²) in [5.74, 6) is 5.56. The van der Waals surface area contributed by atoms with Crippen LogP contribution in [0.4, 0.5) is 5.95 Å². The molecule has 0 spiro atoms. The highest BCUT2D eigenvalue weighted by molar-refractivity contribution is 6.30. The van der Waals surface area contributed by atoms with Gasteiger partial charge in [-0.1, -0.05) is 23.7 Å². The summed E-state index contributed by atoms with van der Waals surface area (Å²) in [7, 11) is 0. The fraction of sp³-hybridized carbons (Fsp3) is 0. The predicted octanol–water partition coefficient (Wildman–Crippen LogP) is 2.08. The molecule has 0 aliphatic rings. The van der Waals surface area contributed by atoms with Crippen molar-refractivity contribution < 1.29 is 0 Å². The summed E-state index contributed by atoms with van der Waals surface area (Å²) in [6.45, 7) is 0. The molecule has 1 aromatic heterocycles. The molecule has 0 fully saturated rings. The highest BCUT2D eigenvalue weighted by Gasteiger charge is 1.99. The van der Waals surface area contributed by atoms with E-state index < -0.39 is 0 Å². The average Bonchev–Trinajstić information content (AvgIpc) is 2.30. The smallest absolute Gasteiger partial charge is 0.237 e. The molecule has 5 heteroatoms. The molecule has 0 amide bonds. The number of anilines is 1. The first-order valence-electron chi connectivity index (χ1n) is 4.34. The molecule has 0 saturated carbocycles. The summed E-state index contributed by atoms with van der Waals surface area (Å²) < 4.78 is 0. The molecular weight excluding hydrogens is 212 g/mol. The number of nitrogens with one attached hydrogen (secondary N) is 1. The van der Waals surface area contributed by atoms with Gasteiger partial charge in [-0.15, -0.1) is 0 Å². The fourth-order valence-corrected chi connectivity index (χ4v) is 1.32. The molecule has 0 atom stereocenters. The van der Waals surface area contributed by atoms with E-state index in [9.17, 15) is 0 Å². The zero-order valence-electron chi connectivity index (χ0n) is 7.81. The Morgan fingerprint density at radius 3 is 2.13 bits per heavy atom. The van der Waals surface area contributed by atoms with E-state index >= 15 is 0 Å². The zero-order chi connectivity index (χ0) is 10.7. The summed E-state index contributed by atoms with van der Waals surface area (Å²) in [5.41, 5.74) is 4.31. The van der Waals surface area contributed by atoms with Crippen molar-refractivity contribution >= 4 is 17.5 Å². The molecule has 2 rings (SSSR count).